The van der Waals surface area contributed by atoms with Crippen molar-refractivity contribution in [2.75, 3.05) is 126 Å². The second-order valence-corrected chi connectivity index (χ2v) is 10.1. The average molecular weight is 598 g/mol. The van der Waals surface area contributed by atoms with Crippen molar-refractivity contribution >= 4 is 5.91 Å². The van der Waals surface area contributed by atoms with Crippen molar-refractivity contribution in [3.8, 4) is 0 Å². The van der Waals surface area contributed by atoms with E-state index in [2.05, 4.69) is 16.1 Å². The lowest BCUT2D eigenvalue weighted by atomic mass is 10.1. The smallest absolute Gasteiger partial charge is 0.239 e. The topological polar surface area (TPSA) is 136 Å². The number of unbranched alkanes of at least 4 members (excludes halogenated alkanes) is 1. The predicted molar refractivity (Wildman–Crippen MR) is 156 cm³/mol. The first kappa shape index (κ1) is 40.0. The van der Waals surface area contributed by atoms with Gasteiger partial charge in [-0.15, -0.1) is 0 Å². The molecule has 13 nitrogen and oxygen atoms in total. The summed E-state index contributed by atoms with van der Waals surface area (Å²) in [5.41, 5.74) is 2.55. The van der Waals surface area contributed by atoms with E-state index in [4.69, 9.17) is 42.7 Å². The Labute approximate surface area is 247 Å². The number of hydroxylamine groups is 1. The number of carbonyl (C=O) groups excluding carboxylic acids is 1. The number of hydrogen-bond donors (Lipinski definition) is 3. The number of amides is 1. The number of rotatable bonds is 32. The molecule has 0 radical (unpaired) electrons. The maximum absolute atomic E-state index is 12.6. The molecule has 0 fully saturated rings. The first-order valence-corrected chi connectivity index (χ1v) is 14.8. The minimum absolute atomic E-state index is 0.0895. The molecule has 3 N–H and O–H groups in total. The van der Waals surface area contributed by atoms with Crippen LogP contribution in [0.5, 0.6) is 0 Å². The molecule has 0 bridgehead atoms. The van der Waals surface area contributed by atoms with Gasteiger partial charge in [0.1, 0.15) is 6.04 Å². The number of methoxy groups -OCH3 is 1. The summed E-state index contributed by atoms with van der Waals surface area (Å²) in [5.74, 6) is -0.0895. The van der Waals surface area contributed by atoms with Crippen LogP contribution in [0.1, 0.15) is 40.0 Å². The molecule has 0 unspecified atom stereocenters. The van der Waals surface area contributed by atoms with Crippen molar-refractivity contribution in [2.24, 2.45) is 0 Å². The molecule has 0 aromatic rings. The molecule has 0 aromatic heterocycles. The van der Waals surface area contributed by atoms with Crippen LogP contribution in [0.15, 0.2) is 0 Å². The lowest BCUT2D eigenvalue weighted by Crippen LogP contribution is -2.47. The van der Waals surface area contributed by atoms with Crippen molar-refractivity contribution in [1.29, 1.82) is 0 Å². The van der Waals surface area contributed by atoms with Crippen molar-refractivity contribution in [3.05, 3.63) is 0 Å². The Morgan fingerprint density at radius 3 is 1.41 bits per heavy atom. The van der Waals surface area contributed by atoms with Gasteiger partial charge < -0.3 is 48.5 Å². The quantitative estimate of drug-likeness (QED) is 0.0752. The molecule has 1 amide bonds. The van der Waals surface area contributed by atoms with Gasteiger partial charge in [-0.3, -0.25) is 9.63 Å². The largest absolute Gasteiger partial charge is 0.382 e. The van der Waals surface area contributed by atoms with Gasteiger partial charge in [0.2, 0.25) is 5.91 Å². The van der Waals surface area contributed by atoms with Crippen LogP contribution in [0.2, 0.25) is 0 Å². The molecule has 13 heteroatoms. The first-order chi connectivity index (χ1) is 19.9. The van der Waals surface area contributed by atoms with Crippen LogP contribution in [0, 0.1) is 0 Å². The standard InChI is InChI=1S/C28H59N3O10/c1-28(2,3)41-31-26(8-6-7-9-29-4)27(32)30-10-11-34-14-15-36-18-19-38-22-23-40-25-24-39-21-20-37-17-16-35-13-12-33-5/h26,29,31H,6-25H2,1-5H3,(H,30,32)/t26-/m0/s1. The lowest BCUT2D eigenvalue weighted by Gasteiger charge is -2.24. The predicted octanol–water partition coefficient (Wildman–Crippen LogP) is 0.943. The fourth-order valence-electron chi connectivity index (χ4n) is 3.08. The summed E-state index contributed by atoms with van der Waals surface area (Å²) < 4.78 is 43.0. The number of hydrogen-bond acceptors (Lipinski definition) is 12. The molecular weight excluding hydrogens is 538 g/mol. The SMILES string of the molecule is CNCCCC[C@H](NOC(C)(C)C)C(=O)NCCOCCOCCOCCOCCOCCOCCOCCOC. The number of ether oxygens (including phenoxy) is 8. The molecule has 41 heavy (non-hydrogen) atoms. The molecule has 246 valence electrons. The second kappa shape index (κ2) is 30.5. The van der Waals surface area contributed by atoms with Crippen LogP contribution in [0.4, 0.5) is 0 Å². The highest BCUT2D eigenvalue weighted by atomic mass is 16.7. The third-order valence-corrected chi connectivity index (χ3v) is 5.20. The van der Waals surface area contributed by atoms with Crippen LogP contribution in [-0.2, 0) is 47.5 Å². The van der Waals surface area contributed by atoms with Gasteiger partial charge in [-0.25, -0.2) is 0 Å². The fourth-order valence-corrected chi connectivity index (χ4v) is 3.08. The molecule has 0 rings (SSSR count). The zero-order valence-electron chi connectivity index (χ0n) is 26.3. The Morgan fingerprint density at radius 1 is 0.610 bits per heavy atom. The van der Waals surface area contributed by atoms with E-state index in [1.165, 1.54) is 0 Å². The molecule has 0 heterocycles. The van der Waals surface area contributed by atoms with Gasteiger partial charge in [-0.1, -0.05) is 6.42 Å². The first-order valence-electron chi connectivity index (χ1n) is 14.8. The minimum atomic E-state index is -0.402. The summed E-state index contributed by atoms with van der Waals surface area (Å²) in [6, 6.07) is -0.402. The summed E-state index contributed by atoms with van der Waals surface area (Å²) in [6.07, 6.45) is 2.62. The molecule has 0 saturated carbocycles. The van der Waals surface area contributed by atoms with Crippen LogP contribution < -0.4 is 16.1 Å². The van der Waals surface area contributed by atoms with Gasteiger partial charge in [0.25, 0.3) is 0 Å². The van der Waals surface area contributed by atoms with Gasteiger partial charge >= 0.3 is 0 Å². The Balaban J connectivity index is 3.47. The Kier molecular flexibility index (Phi) is 29.8. The minimum Gasteiger partial charge on any atom is -0.382 e. The maximum atomic E-state index is 12.6. The van der Waals surface area contributed by atoms with Crippen LogP contribution >= 0.6 is 0 Å². The molecule has 0 aliphatic heterocycles. The monoisotopic (exact) mass is 597 g/mol. The molecule has 0 spiro atoms. The van der Waals surface area contributed by atoms with Crippen LogP contribution in [-0.4, -0.2) is 144 Å². The normalized spacial score (nSPS) is 12.6. The zero-order valence-corrected chi connectivity index (χ0v) is 26.3. The summed E-state index contributed by atoms with van der Waals surface area (Å²) in [7, 11) is 3.57. The molecule has 1 atom stereocenters. The van der Waals surface area contributed by atoms with E-state index in [1.54, 1.807) is 7.11 Å². The van der Waals surface area contributed by atoms with Crippen molar-refractivity contribution < 1.29 is 47.5 Å². The second-order valence-electron chi connectivity index (χ2n) is 10.1. The van der Waals surface area contributed by atoms with Gasteiger partial charge in [0.05, 0.1) is 105 Å². The Morgan fingerprint density at radius 2 is 1.02 bits per heavy atom. The Bertz CT molecular complexity index is 556. The number of nitrogens with one attached hydrogen (secondary N) is 3. The summed E-state index contributed by atoms with van der Waals surface area (Å²) in [6.45, 7) is 14.8. The lowest BCUT2D eigenvalue weighted by molar-refractivity contribution is -0.135. The average Bonchev–Trinajstić information content (AvgIpc) is 2.94. The van der Waals surface area contributed by atoms with Crippen LogP contribution in [0.25, 0.3) is 0 Å². The fraction of sp³-hybridized carbons (Fsp3) is 0.964. The van der Waals surface area contributed by atoms with E-state index in [1.807, 2.05) is 27.8 Å². The molecule has 0 aromatic carbocycles. The van der Waals surface area contributed by atoms with Gasteiger partial charge in [0, 0.05) is 13.7 Å². The third kappa shape index (κ3) is 31.8. The highest BCUT2D eigenvalue weighted by Gasteiger charge is 2.21. The highest BCUT2D eigenvalue weighted by Crippen LogP contribution is 2.07. The van der Waals surface area contributed by atoms with E-state index in [0.717, 1.165) is 19.4 Å². The molecule has 0 saturated heterocycles. The maximum Gasteiger partial charge on any atom is 0.239 e. The Hall–Kier alpha value is -0.970. The van der Waals surface area contributed by atoms with E-state index in [0.29, 0.717) is 112 Å². The van der Waals surface area contributed by atoms with Gasteiger partial charge in [-0.2, -0.15) is 5.48 Å². The highest BCUT2D eigenvalue weighted by molar-refractivity contribution is 5.81. The van der Waals surface area contributed by atoms with Gasteiger partial charge in [-0.05, 0) is 47.2 Å². The van der Waals surface area contributed by atoms with Crippen molar-refractivity contribution in [3.63, 3.8) is 0 Å². The van der Waals surface area contributed by atoms with E-state index in [-0.39, 0.29) is 11.5 Å². The van der Waals surface area contributed by atoms with Crippen molar-refractivity contribution in [2.45, 2.75) is 51.7 Å². The van der Waals surface area contributed by atoms with Crippen molar-refractivity contribution in [1.82, 2.24) is 16.1 Å². The van der Waals surface area contributed by atoms with Crippen LogP contribution in [0.3, 0.4) is 0 Å². The van der Waals surface area contributed by atoms with Gasteiger partial charge in [0.15, 0.2) is 0 Å². The molecule has 0 aliphatic rings. The molecular formula is C28H59N3O10. The van der Waals surface area contributed by atoms with E-state index < -0.39 is 6.04 Å². The molecule has 0 aliphatic carbocycles. The summed E-state index contributed by atoms with van der Waals surface area (Å²) in [5, 5.41) is 6.03. The van der Waals surface area contributed by atoms with E-state index in [9.17, 15) is 4.79 Å². The summed E-state index contributed by atoms with van der Waals surface area (Å²) >= 11 is 0. The number of carbonyl (C=O) groups is 1. The third-order valence-electron chi connectivity index (χ3n) is 5.20. The van der Waals surface area contributed by atoms with E-state index >= 15 is 0 Å². The summed E-state index contributed by atoms with van der Waals surface area (Å²) in [4.78, 5) is 18.2. The zero-order chi connectivity index (χ0) is 30.3.